The minimum absolute atomic E-state index is 0.0753. The van der Waals surface area contributed by atoms with Crippen LogP contribution in [0.3, 0.4) is 0 Å². The van der Waals surface area contributed by atoms with Crippen LogP contribution in [0.4, 0.5) is 23.0 Å². The molecule has 2 N–H and O–H groups in total. The van der Waals surface area contributed by atoms with Gasteiger partial charge < -0.3 is 25.0 Å². The minimum atomic E-state index is -1.62. The quantitative estimate of drug-likeness (QED) is 0.159. The zero-order valence-corrected chi connectivity index (χ0v) is 27.1. The van der Waals surface area contributed by atoms with Gasteiger partial charge in [0.25, 0.3) is 10.6 Å². The lowest BCUT2D eigenvalue weighted by atomic mass is 10.0. The van der Waals surface area contributed by atoms with E-state index in [0.29, 0.717) is 56.7 Å². The van der Waals surface area contributed by atoms with Crippen LogP contribution in [0.15, 0.2) is 74.8 Å². The van der Waals surface area contributed by atoms with Gasteiger partial charge in [0.05, 0.1) is 23.3 Å². The maximum Gasteiger partial charge on any atom is 0.308 e. The van der Waals surface area contributed by atoms with E-state index in [1.165, 1.54) is 17.7 Å². The van der Waals surface area contributed by atoms with Crippen molar-refractivity contribution < 1.29 is 4.55 Å². The average molecular weight is 645 g/mol. The van der Waals surface area contributed by atoms with Crippen LogP contribution < -0.4 is 26.0 Å². The summed E-state index contributed by atoms with van der Waals surface area (Å²) in [5.41, 5.74) is 3.32. The maximum absolute atomic E-state index is 14.1. The summed E-state index contributed by atoms with van der Waals surface area (Å²) in [5.74, 6) is 0.363. The Kier molecular flexibility index (Phi) is 9.54. The van der Waals surface area contributed by atoms with Gasteiger partial charge in [0, 0.05) is 66.9 Å². The fraction of sp³-hybridized carbons (Fsp3) is 0.355. The Morgan fingerprint density at radius 1 is 1.11 bits per heavy atom. The number of pyridine rings is 1. The lowest BCUT2D eigenvalue weighted by Gasteiger charge is -2.33. The second-order valence-electron chi connectivity index (χ2n) is 10.7. The van der Waals surface area contributed by atoms with E-state index in [1.807, 2.05) is 36.9 Å². The number of anilines is 4. The first-order valence-corrected chi connectivity index (χ1v) is 17.1. The molecule has 5 aromatic rings. The smallest absolute Gasteiger partial charge is 0.308 e. The summed E-state index contributed by atoms with van der Waals surface area (Å²) in [6, 6.07) is 10.6. The molecule has 1 atom stereocenters. The molecule has 1 aliphatic rings. The van der Waals surface area contributed by atoms with Gasteiger partial charge in [0.2, 0.25) is 5.95 Å². The molecule has 0 saturated carbocycles. The van der Waals surface area contributed by atoms with Crippen LogP contribution in [-0.4, -0.2) is 73.3 Å². The van der Waals surface area contributed by atoms with E-state index in [4.69, 9.17) is 4.98 Å². The second-order valence-corrected chi connectivity index (χ2v) is 13.2. The van der Waals surface area contributed by atoms with Crippen molar-refractivity contribution in [3.05, 3.63) is 76.5 Å². The summed E-state index contributed by atoms with van der Waals surface area (Å²) in [6.07, 6.45) is 8.53. The topological polar surface area (TPSA) is 140 Å². The van der Waals surface area contributed by atoms with Gasteiger partial charge in [0.1, 0.15) is 17.7 Å². The highest BCUT2D eigenvalue weighted by atomic mass is 32.2. The molecule has 0 spiro atoms. The van der Waals surface area contributed by atoms with E-state index in [9.17, 15) is 9.35 Å². The minimum Gasteiger partial charge on any atom is -0.603 e. The number of aromatic nitrogens is 6. The third-order valence-electron chi connectivity index (χ3n) is 8.12. The van der Waals surface area contributed by atoms with Crippen molar-refractivity contribution in [2.45, 2.75) is 48.6 Å². The molecule has 1 fully saturated rings. The molecular formula is C31H36N10O2S2. The van der Waals surface area contributed by atoms with Gasteiger partial charge in [-0.25, -0.2) is 9.97 Å². The van der Waals surface area contributed by atoms with Gasteiger partial charge in [-0.05, 0) is 70.1 Å². The molecule has 0 aliphatic carbocycles. The number of fused-ring (bicyclic) bond motifs is 1. The molecule has 0 radical (unpaired) electrons. The van der Waals surface area contributed by atoms with Crippen LogP contribution in [0.25, 0.3) is 11.0 Å². The molecule has 0 amide bonds. The largest absolute Gasteiger partial charge is 0.603 e. The van der Waals surface area contributed by atoms with Crippen LogP contribution in [0.2, 0.25) is 0 Å². The number of hydrogen-bond donors (Lipinski definition) is 2. The molecule has 234 valence electrons. The number of thiazole rings is 1. The lowest BCUT2D eigenvalue weighted by molar-refractivity contribution is 0.443. The van der Waals surface area contributed by atoms with E-state index < -0.39 is 11.2 Å². The molecular weight excluding hydrogens is 609 g/mol. The van der Waals surface area contributed by atoms with Crippen LogP contribution in [0, 0.1) is 0 Å². The van der Waals surface area contributed by atoms with Gasteiger partial charge in [-0.15, -0.1) is 0 Å². The van der Waals surface area contributed by atoms with E-state index in [2.05, 4.69) is 54.6 Å². The van der Waals surface area contributed by atoms with Crippen molar-refractivity contribution in [3.63, 3.8) is 0 Å². The Balaban J connectivity index is 1.35. The van der Waals surface area contributed by atoms with Crippen LogP contribution in [0.1, 0.15) is 32.3 Å². The van der Waals surface area contributed by atoms with Crippen molar-refractivity contribution in [2.75, 3.05) is 48.3 Å². The first-order valence-electron chi connectivity index (χ1n) is 15.0. The number of piperidine rings is 1. The fourth-order valence-electron chi connectivity index (χ4n) is 5.63. The van der Waals surface area contributed by atoms with Crippen molar-refractivity contribution in [1.29, 1.82) is 0 Å². The average Bonchev–Trinajstić information content (AvgIpc) is 3.63. The van der Waals surface area contributed by atoms with Crippen molar-refractivity contribution in [2.24, 2.45) is 0 Å². The highest BCUT2D eigenvalue weighted by Crippen LogP contribution is 2.27. The number of benzene rings is 1. The standard InChI is InChI=1S/C31H36N10O2S2/c1-4-40(5-2)26-16-21-18-35-30(37-23-6-8-24(9-7-23)39(3)25-10-12-32-13-11-25)38-27(21)41(29(26)42)19-22-17-33-20-36-28(22)45(43)31-34-14-15-44-31/h6-9,14-18,20,25,32H,4-5,10-13,19H2,1-3H3,(H,35,37,38). The van der Waals surface area contributed by atoms with Gasteiger partial charge in [-0.2, -0.15) is 15.0 Å². The molecule has 5 heterocycles. The van der Waals surface area contributed by atoms with Crippen molar-refractivity contribution >= 4 is 56.6 Å². The molecule has 1 unspecified atom stereocenters. The van der Waals surface area contributed by atoms with Gasteiger partial charge in [-0.3, -0.25) is 9.36 Å². The Labute approximate surface area is 268 Å². The highest BCUT2D eigenvalue weighted by molar-refractivity contribution is 7.93. The fourth-order valence-corrected chi connectivity index (χ4v) is 7.57. The third-order valence-corrected chi connectivity index (χ3v) is 10.6. The lowest BCUT2D eigenvalue weighted by Crippen LogP contribution is -2.41. The normalized spacial score (nSPS) is 14.4. The molecule has 12 nitrogen and oxygen atoms in total. The Bertz CT molecular complexity index is 1790. The summed E-state index contributed by atoms with van der Waals surface area (Å²) in [6.45, 7) is 7.50. The summed E-state index contributed by atoms with van der Waals surface area (Å²) >= 11 is -0.328. The Morgan fingerprint density at radius 3 is 2.60 bits per heavy atom. The zero-order chi connectivity index (χ0) is 31.3. The summed E-state index contributed by atoms with van der Waals surface area (Å²) in [4.78, 5) is 40.5. The monoisotopic (exact) mass is 644 g/mol. The third kappa shape index (κ3) is 6.64. The summed E-state index contributed by atoms with van der Waals surface area (Å²) in [5, 5.41) is 9.52. The van der Waals surface area contributed by atoms with Crippen LogP contribution >= 0.6 is 11.3 Å². The number of hydrogen-bond acceptors (Lipinski definition) is 12. The Hall–Kier alpha value is -4.11. The van der Waals surface area contributed by atoms with E-state index in [0.717, 1.165) is 37.3 Å². The molecule has 1 saturated heterocycles. The van der Waals surface area contributed by atoms with E-state index >= 15 is 0 Å². The molecule has 1 aromatic carbocycles. The number of nitrogens with one attached hydrogen (secondary N) is 2. The van der Waals surface area contributed by atoms with E-state index in [1.54, 1.807) is 28.5 Å². The molecule has 0 bridgehead atoms. The first kappa shape index (κ1) is 30.9. The number of rotatable bonds is 11. The van der Waals surface area contributed by atoms with Gasteiger partial charge >= 0.3 is 4.34 Å². The second kappa shape index (κ2) is 13.9. The molecule has 14 heteroatoms. The van der Waals surface area contributed by atoms with Crippen molar-refractivity contribution in [1.82, 2.24) is 34.8 Å². The van der Waals surface area contributed by atoms with Gasteiger partial charge in [0.15, 0.2) is 0 Å². The van der Waals surface area contributed by atoms with Crippen molar-refractivity contribution in [3.8, 4) is 0 Å². The van der Waals surface area contributed by atoms with E-state index in [-0.39, 0.29) is 12.1 Å². The molecule has 45 heavy (non-hydrogen) atoms. The van der Waals surface area contributed by atoms with Crippen LogP contribution in [0.5, 0.6) is 0 Å². The van der Waals surface area contributed by atoms with Crippen LogP contribution in [-0.2, 0) is 17.7 Å². The molecule has 1 aliphatic heterocycles. The SMILES string of the molecule is CCN(CC)c1cc2cnc(Nc3ccc(N(C)C4CCNCC4)cc3)nc2n(Cc2cncnc2[S+]([O-])c2nccs2)c1=O. The number of nitrogens with zero attached hydrogens (tertiary/aromatic N) is 8. The molecule has 6 rings (SSSR count). The zero-order valence-electron chi connectivity index (χ0n) is 25.5. The summed E-state index contributed by atoms with van der Waals surface area (Å²) < 4.78 is 15.4. The predicted molar refractivity (Wildman–Crippen MR) is 179 cm³/mol. The first-order chi connectivity index (χ1) is 22.0. The highest BCUT2D eigenvalue weighted by Gasteiger charge is 2.26. The molecule has 4 aromatic heterocycles. The summed E-state index contributed by atoms with van der Waals surface area (Å²) in [7, 11) is 2.15. The predicted octanol–water partition coefficient (Wildman–Crippen LogP) is 4.03. The maximum atomic E-state index is 14.1. The Morgan fingerprint density at radius 2 is 1.89 bits per heavy atom. The van der Waals surface area contributed by atoms with Gasteiger partial charge in [-0.1, -0.05) is 11.3 Å².